The molecule has 0 bridgehead atoms. The Kier molecular flexibility index (Phi) is 3.23. The molecule has 9 heteroatoms. The summed E-state index contributed by atoms with van der Waals surface area (Å²) in [5, 5.41) is 0. The number of thiazole rings is 1. The molecule has 106 valence electrons. The van der Waals surface area contributed by atoms with Gasteiger partial charge >= 0.3 is 0 Å². The van der Waals surface area contributed by atoms with E-state index < -0.39 is 10.0 Å². The lowest BCUT2D eigenvalue weighted by molar-refractivity contribution is 0.174. The predicted octanol–water partition coefficient (Wildman–Crippen LogP) is 2.63. The van der Waals surface area contributed by atoms with Crippen molar-refractivity contribution in [2.24, 2.45) is 0 Å². The van der Waals surface area contributed by atoms with Crippen molar-refractivity contribution in [1.82, 2.24) is 4.98 Å². The number of nitrogens with zero attached hydrogens (tertiary/aromatic N) is 1. The van der Waals surface area contributed by atoms with Crippen LogP contribution in [0.4, 0.5) is 5.69 Å². The first kappa shape index (κ1) is 13.5. The van der Waals surface area contributed by atoms with Crippen molar-refractivity contribution in [1.29, 1.82) is 0 Å². The Morgan fingerprint density at radius 2 is 2.10 bits per heavy atom. The molecule has 1 aromatic carbocycles. The fraction of sp³-hybridized carbons (Fsp3) is 0.182. The van der Waals surface area contributed by atoms with Crippen molar-refractivity contribution in [3.05, 3.63) is 28.4 Å². The van der Waals surface area contributed by atoms with Gasteiger partial charge in [0.05, 0.1) is 11.4 Å². The van der Waals surface area contributed by atoms with Crippen LogP contribution in [-0.4, -0.2) is 20.2 Å². The van der Waals surface area contributed by atoms with Crippen LogP contribution < -0.4 is 14.2 Å². The van der Waals surface area contributed by atoms with Crippen LogP contribution in [0.15, 0.2) is 22.4 Å². The number of anilines is 1. The molecule has 0 aliphatic carbocycles. The van der Waals surface area contributed by atoms with Gasteiger partial charge in [0, 0.05) is 6.07 Å². The molecule has 2 aromatic rings. The number of rotatable bonds is 3. The number of sulfonamides is 1. The average molecular weight is 333 g/mol. The molecule has 0 spiro atoms. The third-order valence-electron chi connectivity index (χ3n) is 2.60. The van der Waals surface area contributed by atoms with Crippen LogP contribution in [0.3, 0.4) is 0 Å². The summed E-state index contributed by atoms with van der Waals surface area (Å²) in [5.74, 6) is 1.09. The Morgan fingerprint density at radius 3 is 2.80 bits per heavy atom. The number of aryl methyl sites for hydroxylation is 1. The summed E-state index contributed by atoms with van der Waals surface area (Å²) in [7, 11) is -3.72. The number of aromatic nitrogens is 1. The van der Waals surface area contributed by atoms with Gasteiger partial charge in [-0.2, -0.15) is 0 Å². The molecule has 0 saturated heterocycles. The second-order valence-corrected chi connectivity index (χ2v) is 7.47. The Hall–Kier alpha value is -1.51. The first-order valence-corrected chi connectivity index (χ1v) is 8.19. The lowest BCUT2D eigenvalue weighted by Crippen LogP contribution is -2.12. The van der Waals surface area contributed by atoms with Crippen LogP contribution in [0.25, 0.3) is 0 Å². The zero-order valence-corrected chi connectivity index (χ0v) is 12.6. The van der Waals surface area contributed by atoms with Crippen LogP contribution >= 0.6 is 22.9 Å². The van der Waals surface area contributed by atoms with E-state index in [4.69, 9.17) is 21.1 Å². The molecule has 6 nitrogen and oxygen atoms in total. The van der Waals surface area contributed by atoms with Crippen molar-refractivity contribution in [3.8, 4) is 11.5 Å². The monoisotopic (exact) mass is 332 g/mol. The molecule has 1 N–H and O–H groups in total. The van der Waals surface area contributed by atoms with E-state index in [2.05, 4.69) is 9.71 Å². The zero-order chi connectivity index (χ0) is 14.3. The van der Waals surface area contributed by atoms with Gasteiger partial charge in [-0.25, -0.2) is 13.4 Å². The second kappa shape index (κ2) is 4.80. The minimum atomic E-state index is -3.72. The summed E-state index contributed by atoms with van der Waals surface area (Å²) in [5.41, 5.74) is 0.756. The van der Waals surface area contributed by atoms with Crippen LogP contribution in [0.5, 0.6) is 11.5 Å². The standard InChI is InChI=1S/C11H9ClN2O4S2/c1-6-10(19-11(12)13-6)20(15,16)14-7-2-3-8-9(4-7)18-5-17-8/h2-4,14H,5H2,1H3. The SMILES string of the molecule is Cc1nc(Cl)sc1S(=O)(=O)Nc1ccc2c(c1)OCO2. The fourth-order valence-corrected chi connectivity index (χ4v) is 4.55. The molecule has 20 heavy (non-hydrogen) atoms. The van der Waals surface area contributed by atoms with Crippen molar-refractivity contribution in [2.75, 3.05) is 11.5 Å². The van der Waals surface area contributed by atoms with E-state index in [1.54, 1.807) is 25.1 Å². The lowest BCUT2D eigenvalue weighted by Gasteiger charge is -2.07. The smallest absolute Gasteiger partial charge is 0.273 e. The van der Waals surface area contributed by atoms with Gasteiger partial charge in [-0.15, -0.1) is 0 Å². The Labute approximate surface area is 124 Å². The highest BCUT2D eigenvalue weighted by molar-refractivity contribution is 7.94. The number of nitrogens with one attached hydrogen (secondary N) is 1. The molecule has 0 unspecified atom stereocenters. The summed E-state index contributed by atoms with van der Waals surface area (Å²) in [4.78, 5) is 3.90. The van der Waals surface area contributed by atoms with Gasteiger partial charge in [0.1, 0.15) is 0 Å². The molecule has 0 radical (unpaired) electrons. The summed E-state index contributed by atoms with van der Waals surface area (Å²) >= 11 is 6.64. The van der Waals surface area contributed by atoms with E-state index in [1.165, 1.54) is 0 Å². The average Bonchev–Trinajstić information content (AvgIpc) is 2.94. The Balaban J connectivity index is 1.92. The first-order valence-electron chi connectivity index (χ1n) is 5.51. The molecule has 1 aromatic heterocycles. The number of fused-ring (bicyclic) bond motifs is 1. The molecule has 3 rings (SSSR count). The fourth-order valence-electron chi connectivity index (χ4n) is 1.76. The van der Waals surface area contributed by atoms with E-state index in [0.717, 1.165) is 11.3 Å². The number of hydrogen-bond donors (Lipinski definition) is 1. The van der Waals surface area contributed by atoms with Gasteiger partial charge in [-0.3, -0.25) is 4.72 Å². The van der Waals surface area contributed by atoms with E-state index in [1.807, 2.05) is 0 Å². The summed E-state index contributed by atoms with van der Waals surface area (Å²) in [6, 6.07) is 4.81. The van der Waals surface area contributed by atoms with Gasteiger partial charge in [0.25, 0.3) is 10.0 Å². The molecule has 1 aliphatic rings. The maximum Gasteiger partial charge on any atom is 0.273 e. The summed E-state index contributed by atoms with van der Waals surface area (Å²) in [6.07, 6.45) is 0. The van der Waals surface area contributed by atoms with E-state index in [0.29, 0.717) is 22.9 Å². The Bertz CT molecular complexity index is 773. The normalized spacial score (nSPS) is 13.5. The van der Waals surface area contributed by atoms with Crippen LogP contribution in [0, 0.1) is 6.92 Å². The minimum absolute atomic E-state index is 0.0974. The number of ether oxygens (including phenoxy) is 2. The summed E-state index contributed by atoms with van der Waals surface area (Å²) in [6.45, 7) is 1.73. The largest absolute Gasteiger partial charge is 0.454 e. The van der Waals surface area contributed by atoms with Gasteiger partial charge < -0.3 is 9.47 Å². The van der Waals surface area contributed by atoms with Crippen LogP contribution in [-0.2, 0) is 10.0 Å². The van der Waals surface area contributed by atoms with Crippen molar-refractivity contribution >= 4 is 38.6 Å². The predicted molar refractivity (Wildman–Crippen MR) is 75.2 cm³/mol. The highest BCUT2D eigenvalue weighted by Crippen LogP contribution is 2.35. The molecule has 0 amide bonds. The topological polar surface area (TPSA) is 77.5 Å². The third kappa shape index (κ3) is 2.41. The number of benzene rings is 1. The molecular formula is C11H9ClN2O4S2. The van der Waals surface area contributed by atoms with E-state index >= 15 is 0 Å². The lowest BCUT2D eigenvalue weighted by atomic mass is 10.3. The van der Waals surface area contributed by atoms with E-state index in [-0.39, 0.29) is 15.5 Å². The van der Waals surface area contributed by atoms with Gasteiger partial charge in [0.15, 0.2) is 20.2 Å². The maximum atomic E-state index is 12.3. The molecule has 0 saturated carbocycles. The quantitative estimate of drug-likeness (QED) is 0.934. The molecular weight excluding hydrogens is 324 g/mol. The van der Waals surface area contributed by atoms with E-state index in [9.17, 15) is 8.42 Å². The summed E-state index contributed by atoms with van der Waals surface area (Å²) < 4.78 is 37.6. The van der Waals surface area contributed by atoms with Crippen LogP contribution in [0.1, 0.15) is 5.69 Å². The number of halogens is 1. The van der Waals surface area contributed by atoms with Gasteiger partial charge in [0.2, 0.25) is 6.79 Å². The third-order valence-corrected chi connectivity index (χ3v) is 5.85. The highest BCUT2D eigenvalue weighted by atomic mass is 35.5. The maximum absolute atomic E-state index is 12.3. The van der Waals surface area contributed by atoms with Crippen LogP contribution in [0.2, 0.25) is 4.47 Å². The second-order valence-electron chi connectivity index (χ2n) is 4.01. The van der Waals surface area contributed by atoms with Gasteiger partial charge in [-0.05, 0) is 19.1 Å². The van der Waals surface area contributed by atoms with Gasteiger partial charge in [-0.1, -0.05) is 22.9 Å². The van der Waals surface area contributed by atoms with Crippen molar-refractivity contribution in [3.63, 3.8) is 0 Å². The van der Waals surface area contributed by atoms with Crippen molar-refractivity contribution in [2.45, 2.75) is 11.1 Å². The zero-order valence-electron chi connectivity index (χ0n) is 10.2. The van der Waals surface area contributed by atoms with Crippen molar-refractivity contribution < 1.29 is 17.9 Å². The molecule has 1 aliphatic heterocycles. The number of hydrogen-bond acceptors (Lipinski definition) is 6. The molecule has 0 fully saturated rings. The Morgan fingerprint density at radius 1 is 1.35 bits per heavy atom. The molecule has 2 heterocycles. The molecule has 0 atom stereocenters. The first-order chi connectivity index (χ1) is 9.45. The highest BCUT2D eigenvalue weighted by Gasteiger charge is 2.22. The minimum Gasteiger partial charge on any atom is -0.454 e.